The Hall–Kier alpha value is -0.0400. The minimum Gasteiger partial charge on any atom is -0.396 e. The molecule has 11 heavy (non-hydrogen) atoms. The van der Waals surface area contributed by atoms with Crippen molar-refractivity contribution in [3.05, 3.63) is 0 Å². The van der Waals surface area contributed by atoms with Crippen LogP contribution in [0.25, 0.3) is 0 Å². The summed E-state index contributed by atoms with van der Waals surface area (Å²) in [7, 11) is 0. The van der Waals surface area contributed by atoms with Crippen LogP contribution in [0.4, 0.5) is 0 Å². The molecule has 0 saturated heterocycles. The zero-order valence-electron chi connectivity index (χ0n) is 7.55. The van der Waals surface area contributed by atoms with Gasteiger partial charge in [-0.3, -0.25) is 0 Å². The standard InChI is InChI=1S/C10H20O/c1-2-3-4-5-10(8-11)9-6-7-9/h9-11H,2-8H2,1H3. The maximum atomic E-state index is 9.04. The molecule has 1 rings (SSSR count). The van der Waals surface area contributed by atoms with Crippen LogP contribution < -0.4 is 0 Å². The van der Waals surface area contributed by atoms with Gasteiger partial charge < -0.3 is 5.11 Å². The Morgan fingerprint density at radius 2 is 2.09 bits per heavy atom. The van der Waals surface area contributed by atoms with E-state index in [0.717, 1.165) is 5.92 Å². The first-order valence-electron chi connectivity index (χ1n) is 4.99. The summed E-state index contributed by atoms with van der Waals surface area (Å²) >= 11 is 0. The Kier molecular flexibility index (Phi) is 3.92. The van der Waals surface area contributed by atoms with E-state index in [1.54, 1.807) is 0 Å². The summed E-state index contributed by atoms with van der Waals surface area (Å²) in [4.78, 5) is 0. The number of hydrogen-bond donors (Lipinski definition) is 1. The topological polar surface area (TPSA) is 20.2 Å². The van der Waals surface area contributed by atoms with Crippen molar-refractivity contribution in [2.24, 2.45) is 11.8 Å². The Labute approximate surface area is 69.8 Å². The van der Waals surface area contributed by atoms with Gasteiger partial charge in [-0.05, 0) is 31.1 Å². The summed E-state index contributed by atoms with van der Waals surface area (Å²) in [5.41, 5.74) is 0. The van der Waals surface area contributed by atoms with Gasteiger partial charge in [-0.15, -0.1) is 0 Å². The van der Waals surface area contributed by atoms with Crippen molar-refractivity contribution in [2.75, 3.05) is 6.61 Å². The van der Waals surface area contributed by atoms with E-state index in [4.69, 9.17) is 5.11 Å². The molecule has 0 bridgehead atoms. The van der Waals surface area contributed by atoms with Gasteiger partial charge in [0.25, 0.3) is 0 Å². The Balaban J connectivity index is 2.01. The minimum atomic E-state index is 0.425. The Bertz CT molecular complexity index is 97.0. The lowest BCUT2D eigenvalue weighted by molar-refractivity contribution is 0.198. The lowest BCUT2D eigenvalue weighted by atomic mass is 9.97. The van der Waals surface area contributed by atoms with Crippen LogP contribution in [-0.4, -0.2) is 11.7 Å². The van der Waals surface area contributed by atoms with Crippen LogP contribution in [0.1, 0.15) is 45.4 Å². The normalized spacial score (nSPS) is 20.2. The summed E-state index contributed by atoms with van der Waals surface area (Å²) in [6, 6.07) is 0. The van der Waals surface area contributed by atoms with E-state index >= 15 is 0 Å². The summed E-state index contributed by atoms with van der Waals surface area (Å²) in [6.45, 7) is 2.65. The van der Waals surface area contributed by atoms with Crippen molar-refractivity contribution >= 4 is 0 Å². The van der Waals surface area contributed by atoms with Gasteiger partial charge >= 0.3 is 0 Å². The first-order chi connectivity index (χ1) is 5.38. The molecule has 1 saturated carbocycles. The second-order valence-corrected chi connectivity index (χ2v) is 3.78. The number of aliphatic hydroxyl groups is 1. The molecule has 0 aromatic rings. The molecule has 0 aliphatic heterocycles. The van der Waals surface area contributed by atoms with E-state index in [1.165, 1.54) is 38.5 Å². The smallest absolute Gasteiger partial charge is 0.0461 e. The van der Waals surface area contributed by atoms with Gasteiger partial charge in [0.05, 0.1) is 0 Å². The molecule has 1 unspecified atom stereocenters. The first-order valence-corrected chi connectivity index (χ1v) is 4.99. The summed E-state index contributed by atoms with van der Waals surface area (Å²) < 4.78 is 0. The van der Waals surface area contributed by atoms with E-state index in [9.17, 15) is 0 Å². The molecule has 0 radical (unpaired) electrons. The van der Waals surface area contributed by atoms with Crippen molar-refractivity contribution in [3.63, 3.8) is 0 Å². The second-order valence-electron chi connectivity index (χ2n) is 3.78. The maximum absolute atomic E-state index is 9.04. The SMILES string of the molecule is CCCCCC(CO)C1CC1. The number of rotatable bonds is 6. The lowest BCUT2D eigenvalue weighted by Crippen LogP contribution is -2.07. The first kappa shape index (κ1) is 9.05. The van der Waals surface area contributed by atoms with Crippen molar-refractivity contribution in [1.29, 1.82) is 0 Å². The molecule has 0 aromatic heterocycles. The number of hydrogen-bond acceptors (Lipinski definition) is 1. The molecule has 1 aliphatic rings. The largest absolute Gasteiger partial charge is 0.396 e. The molecule has 0 heterocycles. The molecule has 0 aromatic carbocycles. The van der Waals surface area contributed by atoms with Crippen LogP contribution in [0, 0.1) is 11.8 Å². The molecular weight excluding hydrogens is 136 g/mol. The highest BCUT2D eigenvalue weighted by Crippen LogP contribution is 2.38. The van der Waals surface area contributed by atoms with E-state index in [0.29, 0.717) is 12.5 Å². The van der Waals surface area contributed by atoms with Crippen LogP contribution in [-0.2, 0) is 0 Å². The van der Waals surface area contributed by atoms with E-state index in [2.05, 4.69) is 6.92 Å². The third kappa shape index (κ3) is 3.24. The summed E-state index contributed by atoms with van der Waals surface area (Å²) in [5.74, 6) is 1.53. The molecule has 1 atom stereocenters. The molecule has 66 valence electrons. The highest BCUT2D eigenvalue weighted by molar-refractivity contribution is 4.80. The molecular formula is C10H20O. The summed E-state index contributed by atoms with van der Waals surface area (Å²) in [6.07, 6.45) is 7.95. The van der Waals surface area contributed by atoms with Crippen LogP contribution in [0.3, 0.4) is 0 Å². The quantitative estimate of drug-likeness (QED) is 0.586. The predicted molar refractivity (Wildman–Crippen MR) is 47.4 cm³/mol. The molecule has 1 fully saturated rings. The molecule has 1 nitrogen and oxygen atoms in total. The number of unbranched alkanes of at least 4 members (excludes halogenated alkanes) is 2. The highest BCUT2D eigenvalue weighted by Gasteiger charge is 2.29. The van der Waals surface area contributed by atoms with Gasteiger partial charge in [0.15, 0.2) is 0 Å². The Morgan fingerprint density at radius 3 is 2.55 bits per heavy atom. The van der Waals surface area contributed by atoms with Gasteiger partial charge in [0.2, 0.25) is 0 Å². The molecule has 1 heteroatoms. The van der Waals surface area contributed by atoms with Gasteiger partial charge in [-0.25, -0.2) is 0 Å². The van der Waals surface area contributed by atoms with Crippen molar-refractivity contribution in [1.82, 2.24) is 0 Å². The van der Waals surface area contributed by atoms with Crippen molar-refractivity contribution in [3.8, 4) is 0 Å². The minimum absolute atomic E-state index is 0.425. The fourth-order valence-corrected chi connectivity index (χ4v) is 1.70. The Morgan fingerprint density at radius 1 is 1.36 bits per heavy atom. The fourth-order valence-electron chi connectivity index (χ4n) is 1.70. The van der Waals surface area contributed by atoms with E-state index in [-0.39, 0.29) is 0 Å². The summed E-state index contributed by atoms with van der Waals surface area (Å²) in [5, 5.41) is 9.04. The molecule has 0 amide bonds. The average molecular weight is 156 g/mol. The van der Waals surface area contributed by atoms with Gasteiger partial charge in [0.1, 0.15) is 0 Å². The fraction of sp³-hybridized carbons (Fsp3) is 1.00. The third-order valence-electron chi connectivity index (χ3n) is 2.70. The average Bonchev–Trinajstić information content (AvgIpc) is 2.81. The van der Waals surface area contributed by atoms with Crippen molar-refractivity contribution < 1.29 is 5.11 Å². The maximum Gasteiger partial charge on any atom is 0.0461 e. The zero-order chi connectivity index (χ0) is 8.10. The molecule has 1 N–H and O–H groups in total. The monoisotopic (exact) mass is 156 g/mol. The van der Waals surface area contributed by atoms with Gasteiger partial charge in [-0.1, -0.05) is 26.2 Å². The van der Waals surface area contributed by atoms with Crippen LogP contribution >= 0.6 is 0 Å². The van der Waals surface area contributed by atoms with Gasteiger partial charge in [0, 0.05) is 6.61 Å². The van der Waals surface area contributed by atoms with Crippen LogP contribution in [0.5, 0.6) is 0 Å². The number of aliphatic hydroxyl groups excluding tert-OH is 1. The molecule has 0 spiro atoms. The lowest BCUT2D eigenvalue weighted by Gasteiger charge is -2.11. The van der Waals surface area contributed by atoms with Crippen molar-refractivity contribution in [2.45, 2.75) is 45.4 Å². The third-order valence-corrected chi connectivity index (χ3v) is 2.70. The van der Waals surface area contributed by atoms with E-state index < -0.39 is 0 Å². The zero-order valence-corrected chi connectivity index (χ0v) is 7.55. The van der Waals surface area contributed by atoms with Crippen LogP contribution in [0.15, 0.2) is 0 Å². The predicted octanol–water partition coefficient (Wildman–Crippen LogP) is 2.59. The van der Waals surface area contributed by atoms with Gasteiger partial charge in [-0.2, -0.15) is 0 Å². The highest BCUT2D eigenvalue weighted by atomic mass is 16.3. The second kappa shape index (κ2) is 4.76. The van der Waals surface area contributed by atoms with E-state index in [1.807, 2.05) is 0 Å². The van der Waals surface area contributed by atoms with Crippen LogP contribution in [0.2, 0.25) is 0 Å². The molecule has 1 aliphatic carbocycles.